The summed E-state index contributed by atoms with van der Waals surface area (Å²) in [5, 5.41) is 0. The molecule has 2 heterocycles. The van der Waals surface area contributed by atoms with Crippen molar-refractivity contribution in [1.82, 2.24) is 0 Å². The van der Waals surface area contributed by atoms with Crippen molar-refractivity contribution in [3.8, 4) is 44.5 Å². The molecular weight excluding hydrogens is 1010 g/mol. The minimum atomic E-state index is -0.730. The monoisotopic (exact) mass is 1050 g/mol. The topological polar surface area (TPSA) is 23.6 Å². The maximum Gasteiger partial charge on any atom is 0.193 e. The number of carbonyl (C=O) groups is 1. The largest absolute Gasteiger partial charge is 0.308 e. The summed E-state index contributed by atoms with van der Waals surface area (Å²) in [5.41, 5.74) is 26.3. The van der Waals surface area contributed by atoms with Crippen molar-refractivity contribution in [2.24, 2.45) is 0 Å². The fourth-order valence-corrected chi connectivity index (χ4v) is 17.1. The average molecular weight is 1050 g/mol. The number of para-hydroxylation sites is 4. The first-order valence-electron chi connectivity index (χ1n) is 27.4. The second kappa shape index (κ2) is 16.3. The van der Waals surface area contributed by atoms with Crippen molar-refractivity contribution in [2.45, 2.75) is 30.4 Å². The summed E-state index contributed by atoms with van der Waals surface area (Å²) in [4.78, 5) is 25.6. The van der Waals surface area contributed by atoms with Gasteiger partial charge in [-0.2, -0.15) is 0 Å². The van der Waals surface area contributed by atoms with Gasteiger partial charge in [-0.3, -0.25) is 4.79 Å². The summed E-state index contributed by atoms with van der Waals surface area (Å²) in [7, 11) is 0. The second-order valence-corrected chi connectivity index (χ2v) is 23.9. The number of ketones is 1. The Bertz CT molecular complexity index is 4440. The zero-order valence-corrected chi connectivity index (χ0v) is 44.7. The Balaban J connectivity index is 0.851. The van der Waals surface area contributed by atoms with E-state index >= 15 is 4.79 Å². The van der Waals surface area contributed by atoms with E-state index < -0.39 is 10.8 Å². The molecule has 0 amide bonds. The van der Waals surface area contributed by atoms with Gasteiger partial charge >= 0.3 is 0 Å². The zero-order valence-electron chi connectivity index (χ0n) is 43.0. The Kier molecular flexibility index (Phi) is 9.10. The molecule has 5 heteroatoms. The highest BCUT2D eigenvalue weighted by Crippen LogP contribution is 2.66. The lowest BCUT2D eigenvalue weighted by Gasteiger charge is -2.34. The molecule has 80 heavy (non-hydrogen) atoms. The summed E-state index contributed by atoms with van der Waals surface area (Å²) >= 11 is 3.66. The lowest BCUT2D eigenvalue weighted by atomic mass is 9.70. The first-order valence-corrected chi connectivity index (χ1v) is 29.1. The molecule has 12 aromatic rings. The molecular formula is C75H44N2OS2. The number of rotatable bonds is 4. The molecule has 4 aliphatic carbocycles. The Hall–Kier alpha value is -9.39. The van der Waals surface area contributed by atoms with Gasteiger partial charge in [0.25, 0.3) is 0 Å². The number of benzene rings is 12. The van der Waals surface area contributed by atoms with Gasteiger partial charge in [-0.25, -0.2) is 0 Å². The van der Waals surface area contributed by atoms with Gasteiger partial charge < -0.3 is 9.80 Å². The highest BCUT2D eigenvalue weighted by molar-refractivity contribution is 8.00. The van der Waals surface area contributed by atoms with Crippen LogP contribution in [0.1, 0.15) is 60.4 Å². The third-order valence-corrected chi connectivity index (χ3v) is 20.3. The Morgan fingerprint density at radius 3 is 0.900 bits per heavy atom. The molecule has 0 N–H and O–H groups in total. The number of carbonyl (C=O) groups excluding carboxylic acids is 1. The molecule has 18 rings (SSSR count). The third-order valence-electron chi connectivity index (χ3n) is 18.1. The second-order valence-electron chi connectivity index (χ2n) is 21.7. The summed E-state index contributed by atoms with van der Waals surface area (Å²) in [6.45, 7) is 0. The van der Waals surface area contributed by atoms with Crippen molar-refractivity contribution in [1.29, 1.82) is 0 Å². The van der Waals surface area contributed by atoms with E-state index in [1.807, 2.05) is 23.5 Å². The van der Waals surface area contributed by atoms with Crippen LogP contribution in [0.2, 0.25) is 0 Å². The van der Waals surface area contributed by atoms with E-state index in [0.717, 1.165) is 28.1 Å². The van der Waals surface area contributed by atoms with Crippen LogP contribution in [0.5, 0.6) is 0 Å². The van der Waals surface area contributed by atoms with Crippen LogP contribution >= 0.6 is 23.5 Å². The minimum Gasteiger partial charge on any atom is -0.308 e. The first-order chi connectivity index (χ1) is 39.6. The highest BCUT2D eigenvalue weighted by atomic mass is 32.2. The van der Waals surface area contributed by atoms with E-state index in [-0.39, 0.29) is 5.78 Å². The zero-order chi connectivity index (χ0) is 52.4. The van der Waals surface area contributed by atoms with Crippen LogP contribution < -0.4 is 9.80 Å². The fraction of sp³-hybridized carbons (Fsp3) is 0.0267. The van der Waals surface area contributed by atoms with Gasteiger partial charge in [-0.1, -0.05) is 206 Å². The Labute approximate surface area is 472 Å². The van der Waals surface area contributed by atoms with Crippen LogP contribution in [0.3, 0.4) is 0 Å². The van der Waals surface area contributed by atoms with E-state index in [2.05, 4.69) is 277 Å². The van der Waals surface area contributed by atoms with Crippen LogP contribution in [0.4, 0.5) is 34.1 Å². The standard InChI is InChI=1S/C75H44N2OS2/c78-73(45-33-37-53-51-19-3-7-23-59(51)74(63(53)41-45)57-21-5-1-17-49(57)50-18-2-6-22-58(50)74)46-34-38-54-52-20-4-8-24-60(52)75(64(54)42-46)61-39-35-47(76-65-25-9-13-29-69(65)79-70-30-14-10-26-66(70)76)43-55(61)56-44-48(36-40-62(56)75)77-67-27-11-15-31-71(67)80-72-32-16-12-28-68(72)77/h1-44H. The van der Waals surface area contributed by atoms with E-state index in [0.29, 0.717) is 11.1 Å². The Morgan fingerprint density at radius 1 is 0.263 bits per heavy atom. The summed E-state index contributed by atoms with van der Waals surface area (Å²) in [5.74, 6) is 0.0112. The summed E-state index contributed by atoms with van der Waals surface area (Å²) in [6.07, 6.45) is 0. The van der Waals surface area contributed by atoms with Crippen molar-refractivity contribution in [2.75, 3.05) is 9.80 Å². The van der Waals surface area contributed by atoms with Crippen molar-refractivity contribution >= 4 is 63.4 Å². The van der Waals surface area contributed by atoms with Crippen molar-refractivity contribution < 1.29 is 4.79 Å². The molecule has 0 radical (unpaired) electrons. The van der Waals surface area contributed by atoms with Crippen LogP contribution in [-0.4, -0.2) is 5.78 Å². The van der Waals surface area contributed by atoms with Crippen LogP contribution in [0.15, 0.2) is 287 Å². The first kappa shape index (κ1) is 44.6. The van der Waals surface area contributed by atoms with Gasteiger partial charge in [0, 0.05) is 42.1 Å². The van der Waals surface area contributed by atoms with Crippen LogP contribution in [0, 0.1) is 0 Å². The van der Waals surface area contributed by atoms with E-state index in [9.17, 15) is 0 Å². The normalized spacial score (nSPS) is 14.8. The molecule has 12 aromatic carbocycles. The average Bonchev–Trinajstić information content (AvgIpc) is 4.37. The molecule has 2 spiro atoms. The number of anilines is 6. The maximum atomic E-state index is 15.8. The van der Waals surface area contributed by atoms with Gasteiger partial charge in [0.15, 0.2) is 5.78 Å². The predicted molar refractivity (Wildman–Crippen MR) is 327 cm³/mol. The molecule has 0 atom stereocenters. The molecule has 0 fully saturated rings. The SMILES string of the molecule is O=C(c1ccc2c(c1)C1(c3ccccc3-c3ccccc31)c1ccccc1-2)c1ccc2c(c1)C1(c3ccccc3-2)c2ccc(N3c4ccccc4Sc4ccccc43)cc2-c2cc(N3c4ccccc4Sc4ccccc43)ccc21. The molecule has 2 aliphatic heterocycles. The molecule has 0 aromatic heterocycles. The van der Waals surface area contributed by atoms with Gasteiger partial charge in [0.05, 0.1) is 33.6 Å². The smallest absolute Gasteiger partial charge is 0.193 e. The maximum absolute atomic E-state index is 15.8. The van der Waals surface area contributed by atoms with Gasteiger partial charge in [-0.15, -0.1) is 0 Å². The number of hydrogen-bond acceptors (Lipinski definition) is 5. The molecule has 0 saturated heterocycles. The summed E-state index contributed by atoms with van der Waals surface area (Å²) < 4.78 is 0. The third kappa shape index (κ3) is 5.70. The molecule has 0 unspecified atom stereocenters. The molecule has 3 nitrogen and oxygen atoms in total. The van der Waals surface area contributed by atoms with Gasteiger partial charge in [0.1, 0.15) is 0 Å². The van der Waals surface area contributed by atoms with Crippen molar-refractivity contribution in [3.05, 3.63) is 323 Å². The van der Waals surface area contributed by atoms with E-state index in [1.54, 1.807) is 0 Å². The van der Waals surface area contributed by atoms with Gasteiger partial charge in [-0.05, 0) is 174 Å². The lowest BCUT2D eigenvalue weighted by Crippen LogP contribution is -2.26. The lowest BCUT2D eigenvalue weighted by molar-refractivity contribution is 0.103. The highest BCUT2D eigenvalue weighted by Gasteiger charge is 2.54. The van der Waals surface area contributed by atoms with Crippen LogP contribution in [-0.2, 0) is 10.8 Å². The predicted octanol–water partition coefficient (Wildman–Crippen LogP) is 19.5. The van der Waals surface area contributed by atoms with Crippen molar-refractivity contribution in [3.63, 3.8) is 0 Å². The van der Waals surface area contributed by atoms with E-state index in [1.165, 1.54) is 115 Å². The van der Waals surface area contributed by atoms with Crippen LogP contribution in [0.25, 0.3) is 44.5 Å². The fourth-order valence-electron chi connectivity index (χ4n) is 15.0. The molecule has 372 valence electrons. The minimum absolute atomic E-state index is 0.0112. The molecule has 6 aliphatic rings. The quantitative estimate of drug-likeness (QED) is 0.164. The Morgan fingerprint density at radius 2 is 0.550 bits per heavy atom. The van der Waals surface area contributed by atoms with Gasteiger partial charge in [0.2, 0.25) is 0 Å². The molecule has 0 bridgehead atoms. The number of hydrogen-bond donors (Lipinski definition) is 0. The molecule has 0 saturated carbocycles. The summed E-state index contributed by atoms with van der Waals surface area (Å²) in [6, 6.07) is 98.0. The number of nitrogens with zero attached hydrogens (tertiary/aromatic N) is 2. The van der Waals surface area contributed by atoms with E-state index in [4.69, 9.17) is 0 Å². The number of fused-ring (bicyclic) bond motifs is 24.